The van der Waals surface area contributed by atoms with Gasteiger partial charge in [-0.15, -0.1) is 0 Å². The quantitative estimate of drug-likeness (QED) is 0.891. The molecule has 2 heterocycles. The van der Waals surface area contributed by atoms with Gasteiger partial charge in [-0.05, 0) is 30.7 Å². The van der Waals surface area contributed by atoms with Crippen LogP contribution in [0.4, 0.5) is 8.78 Å². The average Bonchev–Trinajstić information content (AvgIpc) is 3.07. The van der Waals surface area contributed by atoms with Crippen LogP contribution in [0.1, 0.15) is 28.5 Å². The molecule has 1 aliphatic rings. The molecule has 2 N–H and O–H groups in total. The Bertz CT molecular complexity index is 719. The Morgan fingerprint density at radius 1 is 1.36 bits per heavy atom. The number of carbonyl (C=O) groups is 1. The fourth-order valence-corrected chi connectivity index (χ4v) is 2.91. The minimum absolute atomic E-state index is 0.0517. The molecule has 3 rings (SSSR count). The van der Waals surface area contributed by atoms with E-state index in [4.69, 9.17) is 11.6 Å². The van der Waals surface area contributed by atoms with E-state index in [-0.39, 0.29) is 24.2 Å². The number of aromatic nitrogens is 1. The molecule has 0 aliphatic carbocycles. The molecule has 1 amide bonds. The third-order valence-corrected chi connectivity index (χ3v) is 3.95. The summed E-state index contributed by atoms with van der Waals surface area (Å²) >= 11 is 5.78. The smallest absolute Gasteiger partial charge is 0.270 e. The third-order valence-electron chi connectivity index (χ3n) is 3.74. The number of rotatable bonds is 2. The van der Waals surface area contributed by atoms with Crippen LogP contribution >= 0.6 is 11.6 Å². The second-order valence-corrected chi connectivity index (χ2v) is 5.70. The predicted molar refractivity (Wildman–Crippen MR) is 76.6 cm³/mol. The number of aliphatic hydroxyl groups excluding tert-OH is 1. The van der Waals surface area contributed by atoms with Crippen molar-refractivity contribution in [1.29, 1.82) is 0 Å². The fraction of sp³-hybridized carbons (Fsp3) is 0.267. The molecule has 0 saturated carbocycles. The number of nitrogens with one attached hydrogen (secondary N) is 1. The summed E-state index contributed by atoms with van der Waals surface area (Å²) in [5, 5.41) is 10.2. The highest BCUT2D eigenvalue weighted by molar-refractivity contribution is 6.30. The molecule has 2 atom stereocenters. The molecule has 7 heteroatoms. The first-order valence-electron chi connectivity index (χ1n) is 6.73. The summed E-state index contributed by atoms with van der Waals surface area (Å²) in [6.45, 7) is 0.0517. The van der Waals surface area contributed by atoms with Gasteiger partial charge in [0.15, 0.2) is 0 Å². The molecule has 1 fully saturated rings. The fourth-order valence-electron chi connectivity index (χ4n) is 2.75. The zero-order valence-corrected chi connectivity index (χ0v) is 12.1. The highest BCUT2D eigenvalue weighted by Gasteiger charge is 2.37. The molecule has 0 bridgehead atoms. The van der Waals surface area contributed by atoms with Crippen LogP contribution in [-0.4, -0.2) is 33.5 Å². The van der Waals surface area contributed by atoms with E-state index in [0.29, 0.717) is 5.02 Å². The summed E-state index contributed by atoms with van der Waals surface area (Å²) < 4.78 is 27.4. The number of carbonyl (C=O) groups excluding carboxylic acids is 1. The number of aromatic amines is 1. The SMILES string of the molecule is O=C(c1cc(Cl)c[nH]1)N1CC(O)CC1c1cc(F)ccc1F. The van der Waals surface area contributed by atoms with Crippen molar-refractivity contribution in [3.05, 3.63) is 58.4 Å². The van der Waals surface area contributed by atoms with Crippen LogP contribution in [0.5, 0.6) is 0 Å². The molecule has 1 saturated heterocycles. The second-order valence-electron chi connectivity index (χ2n) is 5.26. The van der Waals surface area contributed by atoms with E-state index in [1.807, 2.05) is 0 Å². The van der Waals surface area contributed by atoms with Crippen LogP contribution in [0.3, 0.4) is 0 Å². The van der Waals surface area contributed by atoms with E-state index < -0.39 is 29.7 Å². The van der Waals surface area contributed by atoms with E-state index >= 15 is 0 Å². The molecular formula is C15H13ClF2N2O2. The van der Waals surface area contributed by atoms with Gasteiger partial charge in [0.05, 0.1) is 17.2 Å². The topological polar surface area (TPSA) is 56.3 Å². The Hall–Kier alpha value is -1.92. The number of amides is 1. The lowest BCUT2D eigenvalue weighted by atomic mass is 10.0. The third kappa shape index (κ3) is 2.71. The van der Waals surface area contributed by atoms with Gasteiger partial charge < -0.3 is 15.0 Å². The monoisotopic (exact) mass is 326 g/mol. The second kappa shape index (κ2) is 5.70. The van der Waals surface area contributed by atoms with Crippen LogP contribution < -0.4 is 0 Å². The van der Waals surface area contributed by atoms with Gasteiger partial charge in [-0.3, -0.25) is 4.79 Å². The van der Waals surface area contributed by atoms with Gasteiger partial charge in [0.2, 0.25) is 0 Å². The van der Waals surface area contributed by atoms with E-state index in [2.05, 4.69) is 4.98 Å². The summed E-state index contributed by atoms with van der Waals surface area (Å²) in [6, 6.07) is 3.82. The van der Waals surface area contributed by atoms with Gasteiger partial charge in [0.25, 0.3) is 5.91 Å². The van der Waals surface area contributed by atoms with Gasteiger partial charge in [-0.2, -0.15) is 0 Å². The van der Waals surface area contributed by atoms with E-state index in [1.165, 1.54) is 17.2 Å². The Morgan fingerprint density at radius 2 is 2.14 bits per heavy atom. The summed E-state index contributed by atoms with van der Waals surface area (Å²) in [6.07, 6.45) is 0.821. The number of nitrogens with zero attached hydrogens (tertiary/aromatic N) is 1. The summed E-state index contributed by atoms with van der Waals surface area (Å²) in [7, 11) is 0. The first kappa shape index (κ1) is 15.0. The maximum atomic E-state index is 14.0. The van der Waals surface area contributed by atoms with Crippen molar-refractivity contribution in [2.24, 2.45) is 0 Å². The lowest BCUT2D eigenvalue weighted by molar-refractivity contribution is 0.0708. The molecule has 2 aromatic rings. The van der Waals surface area contributed by atoms with Crippen molar-refractivity contribution in [3.63, 3.8) is 0 Å². The molecule has 4 nitrogen and oxygen atoms in total. The van der Waals surface area contributed by atoms with Gasteiger partial charge in [0, 0.05) is 18.3 Å². The van der Waals surface area contributed by atoms with Crippen molar-refractivity contribution in [2.75, 3.05) is 6.54 Å². The highest BCUT2D eigenvalue weighted by atomic mass is 35.5. The summed E-state index contributed by atoms with van der Waals surface area (Å²) in [4.78, 5) is 16.5. The molecule has 1 aromatic heterocycles. The standard InChI is InChI=1S/C15H13ClF2N2O2/c16-8-3-13(19-6-8)15(22)20-7-10(21)5-14(20)11-4-9(17)1-2-12(11)18/h1-4,6,10,14,19,21H,5,7H2. The summed E-state index contributed by atoms with van der Waals surface area (Å²) in [5.41, 5.74) is 0.295. The lowest BCUT2D eigenvalue weighted by Gasteiger charge is -2.24. The maximum absolute atomic E-state index is 14.0. The van der Waals surface area contributed by atoms with Gasteiger partial charge in [0.1, 0.15) is 17.3 Å². The zero-order valence-electron chi connectivity index (χ0n) is 11.4. The van der Waals surface area contributed by atoms with Crippen molar-refractivity contribution in [3.8, 4) is 0 Å². The maximum Gasteiger partial charge on any atom is 0.270 e. The van der Waals surface area contributed by atoms with E-state index in [9.17, 15) is 18.7 Å². The van der Waals surface area contributed by atoms with Crippen molar-refractivity contribution >= 4 is 17.5 Å². The Morgan fingerprint density at radius 3 is 2.82 bits per heavy atom. The Kier molecular flexibility index (Phi) is 3.88. The van der Waals surface area contributed by atoms with Crippen molar-refractivity contribution in [2.45, 2.75) is 18.6 Å². The number of hydrogen-bond donors (Lipinski definition) is 2. The van der Waals surface area contributed by atoms with Crippen molar-refractivity contribution < 1.29 is 18.7 Å². The predicted octanol–water partition coefficient (Wildman–Crippen LogP) is 2.89. The van der Waals surface area contributed by atoms with Gasteiger partial charge in [-0.1, -0.05) is 11.6 Å². The van der Waals surface area contributed by atoms with Crippen molar-refractivity contribution in [1.82, 2.24) is 9.88 Å². The molecule has 0 spiro atoms. The zero-order chi connectivity index (χ0) is 15.9. The van der Waals surface area contributed by atoms with Gasteiger partial charge in [-0.25, -0.2) is 8.78 Å². The number of likely N-dealkylation sites (tertiary alicyclic amines) is 1. The highest BCUT2D eigenvalue weighted by Crippen LogP contribution is 2.35. The first-order chi connectivity index (χ1) is 10.5. The Balaban J connectivity index is 1.95. The molecule has 1 aliphatic heterocycles. The molecule has 0 radical (unpaired) electrons. The largest absolute Gasteiger partial charge is 0.391 e. The normalized spacial score (nSPS) is 21.4. The summed E-state index contributed by atoms with van der Waals surface area (Å²) in [5.74, 6) is -1.62. The van der Waals surface area contributed by atoms with E-state index in [0.717, 1.165) is 18.2 Å². The van der Waals surface area contributed by atoms with Gasteiger partial charge >= 0.3 is 0 Å². The molecule has 116 valence electrons. The molecular weight excluding hydrogens is 314 g/mol. The number of aliphatic hydroxyl groups is 1. The number of halogens is 3. The minimum atomic E-state index is -0.790. The van der Waals surface area contributed by atoms with Crippen LogP contribution in [0.15, 0.2) is 30.5 Å². The number of benzene rings is 1. The van der Waals surface area contributed by atoms with Crippen LogP contribution in [0.25, 0.3) is 0 Å². The van der Waals surface area contributed by atoms with Crippen LogP contribution in [0.2, 0.25) is 5.02 Å². The number of β-amino-alcohol motifs (C(OH)–C–C–N with tert-alkyl or cyclic N) is 1. The number of H-pyrrole nitrogens is 1. The minimum Gasteiger partial charge on any atom is -0.391 e. The average molecular weight is 327 g/mol. The first-order valence-corrected chi connectivity index (χ1v) is 7.11. The van der Waals surface area contributed by atoms with Crippen LogP contribution in [-0.2, 0) is 0 Å². The Labute approximate surface area is 130 Å². The van der Waals surface area contributed by atoms with E-state index in [1.54, 1.807) is 0 Å². The molecule has 1 aromatic carbocycles. The molecule has 22 heavy (non-hydrogen) atoms. The van der Waals surface area contributed by atoms with Crippen LogP contribution in [0, 0.1) is 11.6 Å². The lowest BCUT2D eigenvalue weighted by Crippen LogP contribution is -2.32. The number of hydrogen-bond acceptors (Lipinski definition) is 2. The molecule has 2 unspecified atom stereocenters.